The third-order valence-electron chi connectivity index (χ3n) is 2.57. The van der Waals surface area contributed by atoms with Gasteiger partial charge in [-0.3, -0.25) is 4.98 Å². The van der Waals surface area contributed by atoms with Gasteiger partial charge in [0.05, 0.1) is 0 Å². The Balaban J connectivity index is 2.36. The van der Waals surface area contributed by atoms with Crippen LogP contribution in [-0.4, -0.2) is 20.6 Å². The van der Waals surface area contributed by atoms with Crippen LogP contribution in [0, 0.1) is 10.5 Å². The van der Waals surface area contributed by atoms with E-state index in [2.05, 4.69) is 27.6 Å². The molecule has 2 rings (SSSR count). The van der Waals surface area contributed by atoms with Crippen LogP contribution in [0.3, 0.4) is 0 Å². The van der Waals surface area contributed by atoms with Gasteiger partial charge in [0.2, 0.25) is 0 Å². The number of carboxylic acids is 1. The topological polar surface area (TPSA) is 55.1 Å². The second-order valence-corrected chi connectivity index (χ2v) is 5.02. The molecular weight excluding hydrogens is 331 g/mol. The molecule has 0 saturated heterocycles. The maximum Gasteiger partial charge on any atom is 0.352 e. The Morgan fingerprint density at radius 2 is 2.35 bits per heavy atom. The van der Waals surface area contributed by atoms with E-state index in [1.807, 2.05) is 19.2 Å². The third-order valence-corrected chi connectivity index (χ3v) is 3.16. The lowest BCUT2D eigenvalue weighted by Gasteiger charge is -2.08. The van der Waals surface area contributed by atoms with E-state index in [1.165, 1.54) is 0 Å². The SMILES string of the molecule is Cc1ccncc1Cn1cc(I)cc1C(=O)O. The van der Waals surface area contributed by atoms with Gasteiger partial charge >= 0.3 is 5.97 Å². The predicted octanol–water partition coefficient (Wildman–Crippen LogP) is 2.54. The Bertz CT molecular complexity index is 563. The average molecular weight is 342 g/mol. The number of carbonyl (C=O) groups is 1. The zero-order valence-electron chi connectivity index (χ0n) is 9.22. The first kappa shape index (κ1) is 12.1. The van der Waals surface area contributed by atoms with Gasteiger partial charge in [0, 0.05) is 28.7 Å². The molecule has 17 heavy (non-hydrogen) atoms. The molecule has 1 N–H and O–H groups in total. The number of aromatic carboxylic acids is 1. The molecule has 4 nitrogen and oxygen atoms in total. The van der Waals surface area contributed by atoms with Crippen molar-refractivity contribution in [2.24, 2.45) is 0 Å². The van der Waals surface area contributed by atoms with Gasteiger partial charge in [-0.15, -0.1) is 0 Å². The van der Waals surface area contributed by atoms with Gasteiger partial charge in [-0.2, -0.15) is 0 Å². The van der Waals surface area contributed by atoms with Crippen molar-refractivity contribution in [3.05, 3.63) is 51.1 Å². The molecular formula is C12H11IN2O2. The number of aryl methyl sites for hydroxylation is 1. The lowest BCUT2D eigenvalue weighted by molar-refractivity contribution is 0.0685. The van der Waals surface area contributed by atoms with Crippen molar-refractivity contribution in [1.29, 1.82) is 0 Å². The molecule has 0 fully saturated rings. The molecule has 88 valence electrons. The summed E-state index contributed by atoms with van der Waals surface area (Å²) in [4.78, 5) is 15.1. The minimum Gasteiger partial charge on any atom is -0.477 e. The molecule has 0 radical (unpaired) electrons. The molecule has 2 aromatic rings. The molecule has 0 atom stereocenters. The average Bonchev–Trinajstić information content (AvgIpc) is 2.63. The molecule has 0 aliphatic heterocycles. The fourth-order valence-corrected chi connectivity index (χ4v) is 2.26. The highest BCUT2D eigenvalue weighted by Crippen LogP contribution is 2.15. The molecule has 0 amide bonds. The molecule has 0 spiro atoms. The minimum absolute atomic E-state index is 0.303. The number of nitrogens with zero attached hydrogens (tertiary/aromatic N) is 2. The van der Waals surface area contributed by atoms with Crippen LogP contribution in [0.1, 0.15) is 21.6 Å². The summed E-state index contributed by atoms with van der Waals surface area (Å²) in [6.07, 6.45) is 5.33. The van der Waals surface area contributed by atoms with Gasteiger partial charge < -0.3 is 9.67 Å². The van der Waals surface area contributed by atoms with E-state index in [-0.39, 0.29) is 0 Å². The van der Waals surface area contributed by atoms with E-state index < -0.39 is 5.97 Å². The standard InChI is InChI=1S/C12H11IN2O2/c1-8-2-3-14-5-9(8)6-15-7-10(13)4-11(15)12(16)17/h2-5,7H,6H2,1H3,(H,16,17). The molecule has 0 aliphatic carbocycles. The lowest BCUT2D eigenvalue weighted by Crippen LogP contribution is -2.09. The summed E-state index contributed by atoms with van der Waals surface area (Å²) in [5.74, 6) is -0.908. The van der Waals surface area contributed by atoms with Crippen LogP contribution in [0.4, 0.5) is 0 Å². The summed E-state index contributed by atoms with van der Waals surface area (Å²) in [7, 11) is 0. The van der Waals surface area contributed by atoms with Crippen molar-refractivity contribution in [3.8, 4) is 0 Å². The Morgan fingerprint density at radius 3 is 3.00 bits per heavy atom. The van der Waals surface area contributed by atoms with Crippen molar-refractivity contribution in [3.63, 3.8) is 0 Å². The summed E-state index contributed by atoms with van der Waals surface area (Å²) in [5.41, 5.74) is 2.44. The Morgan fingerprint density at radius 1 is 1.59 bits per heavy atom. The lowest BCUT2D eigenvalue weighted by atomic mass is 10.1. The molecule has 0 aromatic carbocycles. The second-order valence-electron chi connectivity index (χ2n) is 3.78. The van der Waals surface area contributed by atoms with Crippen LogP contribution >= 0.6 is 22.6 Å². The van der Waals surface area contributed by atoms with Crippen LogP contribution in [0.15, 0.2) is 30.7 Å². The fourth-order valence-electron chi connectivity index (χ4n) is 1.63. The number of rotatable bonds is 3. The molecule has 0 saturated carbocycles. The summed E-state index contributed by atoms with van der Waals surface area (Å²) in [5, 5.41) is 9.09. The number of hydrogen-bond acceptors (Lipinski definition) is 2. The Hall–Kier alpha value is -1.37. The Labute approximate surface area is 112 Å². The molecule has 5 heteroatoms. The molecule has 2 aromatic heterocycles. The van der Waals surface area contributed by atoms with Gasteiger partial charge in [0.1, 0.15) is 5.69 Å². The van der Waals surface area contributed by atoms with Gasteiger partial charge in [-0.05, 0) is 52.8 Å². The van der Waals surface area contributed by atoms with E-state index in [9.17, 15) is 4.79 Å². The third kappa shape index (κ3) is 2.66. The maximum atomic E-state index is 11.1. The van der Waals surface area contributed by atoms with E-state index in [1.54, 1.807) is 23.0 Å². The van der Waals surface area contributed by atoms with E-state index in [4.69, 9.17) is 5.11 Å². The Kier molecular flexibility index (Phi) is 3.46. The van der Waals surface area contributed by atoms with Crippen molar-refractivity contribution in [2.75, 3.05) is 0 Å². The van der Waals surface area contributed by atoms with E-state index in [0.717, 1.165) is 14.7 Å². The van der Waals surface area contributed by atoms with Crippen LogP contribution < -0.4 is 0 Å². The largest absolute Gasteiger partial charge is 0.477 e. The number of carboxylic acid groups (broad SMARTS) is 1. The predicted molar refractivity (Wildman–Crippen MR) is 72.2 cm³/mol. The summed E-state index contributed by atoms with van der Waals surface area (Å²) >= 11 is 2.11. The molecule has 0 bridgehead atoms. The smallest absolute Gasteiger partial charge is 0.352 e. The van der Waals surface area contributed by atoms with Crippen LogP contribution in [-0.2, 0) is 6.54 Å². The summed E-state index contributed by atoms with van der Waals surface area (Å²) in [6.45, 7) is 2.52. The highest BCUT2D eigenvalue weighted by molar-refractivity contribution is 14.1. The summed E-state index contributed by atoms with van der Waals surface area (Å²) in [6, 6.07) is 3.58. The summed E-state index contributed by atoms with van der Waals surface area (Å²) < 4.78 is 2.65. The van der Waals surface area contributed by atoms with Crippen LogP contribution in [0.2, 0.25) is 0 Å². The van der Waals surface area contributed by atoms with Crippen LogP contribution in [0.25, 0.3) is 0 Å². The highest BCUT2D eigenvalue weighted by Gasteiger charge is 2.12. The molecule has 2 heterocycles. The zero-order chi connectivity index (χ0) is 12.4. The van der Waals surface area contributed by atoms with E-state index >= 15 is 0 Å². The van der Waals surface area contributed by atoms with Gasteiger partial charge in [-0.1, -0.05) is 0 Å². The second kappa shape index (κ2) is 4.87. The van der Waals surface area contributed by atoms with Gasteiger partial charge in [-0.25, -0.2) is 4.79 Å². The zero-order valence-corrected chi connectivity index (χ0v) is 11.4. The number of aromatic nitrogens is 2. The number of pyridine rings is 1. The normalized spacial score (nSPS) is 10.5. The van der Waals surface area contributed by atoms with Crippen molar-refractivity contribution < 1.29 is 9.90 Å². The van der Waals surface area contributed by atoms with Gasteiger partial charge in [0.15, 0.2) is 0 Å². The minimum atomic E-state index is -0.908. The quantitative estimate of drug-likeness (QED) is 0.873. The number of halogens is 1. The van der Waals surface area contributed by atoms with E-state index in [0.29, 0.717) is 12.2 Å². The highest BCUT2D eigenvalue weighted by atomic mass is 127. The monoisotopic (exact) mass is 342 g/mol. The van der Waals surface area contributed by atoms with Gasteiger partial charge in [0.25, 0.3) is 0 Å². The van der Waals surface area contributed by atoms with Crippen molar-refractivity contribution in [2.45, 2.75) is 13.5 Å². The number of hydrogen-bond donors (Lipinski definition) is 1. The maximum absolute atomic E-state index is 11.1. The van der Waals surface area contributed by atoms with Crippen molar-refractivity contribution in [1.82, 2.24) is 9.55 Å². The first-order chi connectivity index (χ1) is 8.08. The first-order valence-electron chi connectivity index (χ1n) is 5.06. The fraction of sp³-hybridized carbons (Fsp3) is 0.167. The van der Waals surface area contributed by atoms with Crippen molar-refractivity contribution >= 4 is 28.6 Å². The molecule has 0 aliphatic rings. The molecule has 0 unspecified atom stereocenters. The first-order valence-corrected chi connectivity index (χ1v) is 6.14. The van der Waals surface area contributed by atoms with Crippen LogP contribution in [0.5, 0.6) is 0 Å².